The molecule has 0 aliphatic carbocycles. The summed E-state index contributed by atoms with van der Waals surface area (Å²) in [5.41, 5.74) is 5.98. The number of fused-ring (bicyclic) bond motifs is 1. The molecule has 0 spiro atoms. The molecule has 6 aromatic rings. The standard InChI is InChI=1S/C82H120N2O2S6/c1-11-15-19-23-25-29-39-63(37-27-21-17-13-3)55-83-79(73-51-49-69(91-73)67-45-47-71(89-67)75-53-65(57-87-75)43-41-61(9)35-31-33-59(5)6)77-78(81(83)85)80(84(82(77)86)56-64(38-28-22-18-14-4)40-30-26-24-20-16-12-2)74-52-50-70(92-74)68-46-48-72(90-68)76-54-66(58-88-76)44-42-62(10)36-32-34-60(7)8/h45-54,57-64H,11-44,55-56H2,1-10H3. The van der Waals surface area contributed by atoms with E-state index in [1.807, 2.05) is 45.3 Å². The molecule has 2 aliphatic heterocycles. The minimum Gasteiger partial charge on any atom is -0.306 e. The van der Waals surface area contributed by atoms with Crippen molar-refractivity contribution in [3.8, 4) is 39.0 Å². The minimum absolute atomic E-state index is 0.0383. The van der Waals surface area contributed by atoms with Crippen LogP contribution in [0.2, 0.25) is 0 Å². The van der Waals surface area contributed by atoms with Crippen LogP contribution in [0.3, 0.4) is 0 Å². The molecule has 4 nitrogen and oxygen atoms in total. The van der Waals surface area contributed by atoms with E-state index in [0.717, 1.165) is 83.3 Å². The van der Waals surface area contributed by atoms with Gasteiger partial charge in [0.2, 0.25) is 0 Å². The van der Waals surface area contributed by atoms with Gasteiger partial charge >= 0.3 is 0 Å². The average Bonchev–Trinajstić information content (AvgIpc) is 1.55. The normalized spacial score (nSPS) is 15.0. The Balaban J connectivity index is 1.15. The predicted molar refractivity (Wildman–Crippen MR) is 412 cm³/mol. The molecule has 0 N–H and O–H groups in total. The lowest BCUT2D eigenvalue weighted by Gasteiger charge is -2.29. The van der Waals surface area contributed by atoms with Gasteiger partial charge in [-0.3, -0.25) is 9.59 Å². The van der Waals surface area contributed by atoms with Gasteiger partial charge in [-0.15, -0.1) is 68.0 Å². The molecule has 0 bridgehead atoms. The molecule has 2 aliphatic rings. The van der Waals surface area contributed by atoms with E-state index in [9.17, 15) is 0 Å². The Morgan fingerprint density at radius 3 is 0.957 bits per heavy atom. The number of hydrogen-bond acceptors (Lipinski definition) is 8. The largest absolute Gasteiger partial charge is 0.306 e. The second-order valence-corrected chi connectivity index (χ2v) is 35.2. The number of rotatable bonds is 48. The number of amides is 2. The van der Waals surface area contributed by atoms with E-state index >= 15 is 9.59 Å². The lowest BCUT2D eigenvalue weighted by molar-refractivity contribution is -0.124. The maximum absolute atomic E-state index is 16.3. The summed E-state index contributed by atoms with van der Waals surface area (Å²) in [6.07, 6.45) is 42.1. The van der Waals surface area contributed by atoms with Crippen LogP contribution in [0.15, 0.2) is 82.6 Å². The molecular formula is C82H120N2O2S6. The van der Waals surface area contributed by atoms with Gasteiger partial charge in [-0.25, -0.2) is 0 Å². The summed E-state index contributed by atoms with van der Waals surface area (Å²) in [6.45, 7) is 24.8. The van der Waals surface area contributed by atoms with Crippen molar-refractivity contribution in [2.75, 3.05) is 13.1 Å². The Kier molecular flexibility index (Phi) is 32.1. The zero-order valence-electron chi connectivity index (χ0n) is 59.0. The van der Waals surface area contributed by atoms with Crippen molar-refractivity contribution in [1.82, 2.24) is 9.80 Å². The highest BCUT2D eigenvalue weighted by molar-refractivity contribution is 7.27. The highest BCUT2D eigenvalue weighted by atomic mass is 32.1. The first-order valence-corrected chi connectivity index (χ1v) is 42.5. The molecule has 10 heteroatoms. The Hall–Kier alpha value is -3.38. The number of thiophene rings is 6. The van der Waals surface area contributed by atoms with E-state index in [4.69, 9.17) is 0 Å². The molecule has 0 saturated heterocycles. The van der Waals surface area contributed by atoms with E-state index in [1.165, 1.54) is 230 Å². The van der Waals surface area contributed by atoms with Crippen LogP contribution in [0.4, 0.5) is 0 Å². The number of carbonyl (C=O) groups excluding carboxylic acids is 2. The number of unbranched alkanes of at least 4 members (excludes halogenated alkanes) is 16. The van der Waals surface area contributed by atoms with Gasteiger partial charge in [0.1, 0.15) is 0 Å². The van der Waals surface area contributed by atoms with Crippen LogP contribution in [-0.4, -0.2) is 34.7 Å². The second-order valence-electron chi connectivity index (χ2n) is 29.1. The third kappa shape index (κ3) is 22.3. The molecule has 506 valence electrons. The zero-order valence-corrected chi connectivity index (χ0v) is 63.9. The topological polar surface area (TPSA) is 40.6 Å². The van der Waals surface area contributed by atoms with Gasteiger partial charge in [-0.1, -0.05) is 236 Å². The summed E-state index contributed by atoms with van der Waals surface area (Å²) < 4.78 is 0. The summed E-state index contributed by atoms with van der Waals surface area (Å²) in [4.78, 5) is 49.2. The number of hydrogen-bond donors (Lipinski definition) is 0. The molecule has 0 saturated carbocycles. The highest BCUT2D eigenvalue weighted by Crippen LogP contribution is 2.52. The molecule has 6 aromatic heterocycles. The number of nitrogens with zero attached hydrogens (tertiary/aromatic N) is 2. The Bertz CT molecular complexity index is 2960. The number of carbonyl (C=O) groups is 2. The average molecular weight is 1360 g/mol. The quantitative estimate of drug-likeness (QED) is 0.0357. The molecule has 8 heterocycles. The van der Waals surface area contributed by atoms with Gasteiger partial charge < -0.3 is 9.80 Å². The van der Waals surface area contributed by atoms with Gasteiger partial charge in [-0.05, 0) is 169 Å². The summed E-state index contributed by atoms with van der Waals surface area (Å²) in [7, 11) is 0. The van der Waals surface area contributed by atoms with Crippen LogP contribution in [0.25, 0.3) is 50.4 Å². The molecule has 8 rings (SSSR count). The first kappa shape index (κ1) is 74.4. The monoisotopic (exact) mass is 1360 g/mol. The Morgan fingerprint density at radius 1 is 0.326 bits per heavy atom. The van der Waals surface area contributed by atoms with Crippen LogP contribution in [0.5, 0.6) is 0 Å². The molecule has 0 fully saturated rings. The van der Waals surface area contributed by atoms with Crippen molar-refractivity contribution < 1.29 is 9.59 Å². The SMILES string of the molecule is CCCCCCCCC(CCCCCC)CN1C(=O)C2=C(c3ccc(-c4ccc(-c5cc(CCC(C)CCCC(C)C)cs5)s4)s3)N(CC(CCCCCC)CCCCCCCC)C(=O)C2=C1c1ccc(-c2ccc(-c3cc(CCC(C)CCCC(C)C)cs3)s2)s1. The molecule has 2 amide bonds. The molecule has 92 heavy (non-hydrogen) atoms. The van der Waals surface area contributed by atoms with Gasteiger partial charge in [0.15, 0.2) is 0 Å². The molecule has 0 aromatic carbocycles. The van der Waals surface area contributed by atoms with Crippen LogP contribution in [-0.2, 0) is 22.4 Å². The summed E-state index contributed by atoms with van der Waals surface area (Å²) >= 11 is 11.1. The van der Waals surface area contributed by atoms with E-state index in [1.54, 1.807) is 22.7 Å². The summed E-state index contributed by atoms with van der Waals surface area (Å²) in [5, 5.41) is 4.78. The Labute approximate surface area is 584 Å². The summed E-state index contributed by atoms with van der Waals surface area (Å²) in [5.74, 6) is 3.87. The van der Waals surface area contributed by atoms with E-state index in [-0.39, 0.29) is 11.8 Å². The highest BCUT2D eigenvalue weighted by Gasteiger charge is 2.50. The second kappa shape index (κ2) is 39.7. The maximum atomic E-state index is 16.3. The van der Waals surface area contributed by atoms with Crippen molar-refractivity contribution in [2.45, 2.75) is 288 Å². The first-order valence-electron chi connectivity index (χ1n) is 37.5. The predicted octanol–water partition coefficient (Wildman–Crippen LogP) is 28.0. The van der Waals surface area contributed by atoms with E-state index in [2.05, 4.69) is 150 Å². The van der Waals surface area contributed by atoms with Gasteiger partial charge in [0.25, 0.3) is 11.8 Å². The Morgan fingerprint density at radius 2 is 0.620 bits per heavy atom. The van der Waals surface area contributed by atoms with Crippen LogP contribution in [0.1, 0.15) is 296 Å². The third-order valence-electron chi connectivity index (χ3n) is 19.9. The number of aryl methyl sites for hydroxylation is 2. The van der Waals surface area contributed by atoms with Crippen molar-refractivity contribution in [3.05, 3.63) is 103 Å². The van der Waals surface area contributed by atoms with Crippen molar-refractivity contribution in [2.24, 2.45) is 35.5 Å². The van der Waals surface area contributed by atoms with E-state index < -0.39 is 0 Å². The van der Waals surface area contributed by atoms with Gasteiger partial charge in [0.05, 0.1) is 32.3 Å². The molecular weight excluding hydrogens is 1240 g/mol. The molecule has 4 unspecified atom stereocenters. The van der Waals surface area contributed by atoms with Gasteiger partial charge in [-0.2, -0.15) is 0 Å². The van der Waals surface area contributed by atoms with Crippen LogP contribution < -0.4 is 0 Å². The fraction of sp³-hybridized carbons (Fsp3) is 0.634. The van der Waals surface area contributed by atoms with Crippen molar-refractivity contribution >= 4 is 91.2 Å². The summed E-state index contributed by atoms with van der Waals surface area (Å²) in [6, 6.07) is 23.2. The smallest absolute Gasteiger partial charge is 0.261 e. The first-order chi connectivity index (χ1) is 44.8. The minimum atomic E-state index is 0.0383. The lowest BCUT2D eigenvalue weighted by atomic mass is 9.93. The van der Waals surface area contributed by atoms with Crippen molar-refractivity contribution in [3.63, 3.8) is 0 Å². The lowest BCUT2D eigenvalue weighted by Crippen LogP contribution is -2.34. The van der Waals surface area contributed by atoms with Crippen LogP contribution in [0, 0.1) is 35.5 Å². The third-order valence-corrected chi connectivity index (χ3v) is 27.0. The zero-order chi connectivity index (χ0) is 65.2. The fourth-order valence-electron chi connectivity index (χ4n) is 14.1. The molecule has 4 atom stereocenters. The van der Waals surface area contributed by atoms with E-state index in [0.29, 0.717) is 36.1 Å². The fourth-order valence-corrected chi connectivity index (χ4v) is 20.5. The van der Waals surface area contributed by atoms with Crippen LogP contribution >= 0.6 is 68.0 Å². The maximum Gasteiger partial charge on any atom is 0.261 e. The van der Waals surface area contributed by atoms with Crippen molar-refractivity contribution in [1.29, 1.82) is 0 Å². The van der Waals surface area contributed by atoms with Gasteiger partial charge in [0, 0.05) is 52.1 Å². The molecule has 0 radical (unpaired) electrons.